The van der Waals surface area contributed by atoms with Gasteiger partial charge in [0, 0.05) is 39.9 Å². The molecular weight excluding hydrogens is 508 g/mol. The van der Waals surface area contributed by atoms with Crippen LogP contribution in [0.4, 0.5) is 0 Å². The van der Waals surface area contributed by atoms with Gasteiger partial charge in [0.25, 0.3) is 0 Å². The second-order valence-corrected chi connectivity index (χ2v) is 10.8. The van der Waals surface area contributed by atoms with Crippen LogP contribution in [0.3, 0.4) is 0 Å². The zero-order valence-electron chi connectivity index (χ0n) is 21.4. The van der Waals surface area contributed by atoms with E-state index in [2.05, 4.69) is 101 Å². The van der Waals surface area contributed by atoms with Gasteiger partial charge in [0.05, 0.1) is 38.3 Å². The second-order valence-electron chi connectivity index (χ2n) is 9.73. The van der Waals surface area contributed by atoms with Crippen molar-refractivity contribution in [1.29, 1.82) is 0 Å². The van der Waals surface area contributed by atoms with E-state index in [1.807, 2.05) is 42.7 Å². The van der Waals surface area contributed by atoms with Crippen molar-refractivity contribution < 1.29 is 0 Å². The molecular formula is C35H22N4S. The summed E-state index contributed by atoms with van der Waals surface area (Å²) < 4.78 is 3.57. The van der Waals surface area contributed by atoms with Crippen molar-refractivity contribution in [2.45, 2.75) is 0 Å². The van der Waals surface area contributed by atoms with E-state index in [1.54, 1.807) is 11.3 Å². The van der Waals surface area contributed by atoms with Crippen molar-refractivity contribution in [3.05, 3.63) is 134 Å². The molecule has 0 atom stereocenters. The first-order chi connectivity index (χ1) is 19.8. The Bertz CT molecular complexity index is 2130. The van der Waals surface area contributed by atoms with Crippen LogP contribution in [0.25, 0.3) is 70.8 Å². The molecule has 0 saturated carbocycles. The van der Waals surface area contributed by atoms with Gasteiger partial charge in [-0.25, -0.2) is 4.98 Å². The maximum absolute atomic E-state index is 4.96. The van der Waals surface area contributed by atoms with E-state index < -0.39 is 0 Å². The van der Waals surface area contributed by atoms with Gasteiger partial charge in [-0.15, -0.1) is 11.3 Å². The van der Waals surface area contributed by atoms with Gasteiger partial charge in [-0.1, -0.05) is 66.7 Å². The van der Waals surface area contributed by atoms with Gasteiger partial charge < -0.3 is 4.57 Å². The highest BCUT2D eigenvalue weighted by Gasteiger charge is 2.18. The third-order valence-electron chi connectivity index (χ3n) is 7.35. The quantitative estimate of drug-likeness (QED) is 0.228. The van der Waals surface area contributed by atoms with Crippen LogP contribution < -0.4 is 0 Å². The number of benzene rings is 4. The Morgan fingerprint density at radius 3 is 2.10 bits per heavy atom. The molecule has 0 amide bonds. The SMILES string of the molecule is c1ccc(-c2ccc(-c3ccccn3)c(-n3c4ccccc4c4ccc(-c5nc6ccccc6s5)cc43)c2)nc1. The third-order valence-corrected chi connectivity index (χ3v) is 8.44. The predicted octanol–water partition coefficient (Wildman–Crippen LogP) is 9.18. The van der Waals surface area contributed by atoms with Crippen LogP contribution in [0.15, 0.2) is 134 Å². The van der Waals surface area contributed by atoms with Crippen LogP contribution in [-0.2, 0) is 0 Å². The predicted molar refractivity (Wildman–Crippen MR) is 166 cm³/mol. The molecule has 0 unspecified atom stereocenters. The van der Waals surface area contributed by atoms with Gasteiger partial charge in [-0.3, -0.25) is 9.97 Å². The van der Waals surface area contributed by atoms with Crippen LogP contribution in [0, 0.1) is 0 Å². The fourth-order valence-electron chi connectivity index (χ4n) is 5.51. The molecule has 0 N–H and O–H groups in total. The fraction of sp³-hybridized carbons (Fsp3) is 0. The average molecular weight is 531 g/mol. The minimum atomic E-state index is 0.929. The summed E-state index contributed by atoms with van der Waals surface area (Å²) in [6.45, 7) is 0. The monoisotopic (exact) mass is 530 g/mol. The van der Waals surface area contributed by atoms with Gasteiger partial charge in [-0.2, -0.15) is 0 Å². The van der Waals surface area contributed by atoms with Gasteiger partial charge in [0.15, 0.2) is 0 Å². The van der Waals surface area contributed by atoms with Crippen LogP contribution in [0.5, 0.6) is 0 Å². The van der Waals surface area contributed by atoms with Crippen LogP contribution in [-0.4, -0.2) is 19.5 Å². The standard InChI is InChI=1S/C35H22N4S/c1-3-13-31-25(9-1)26-17-16-24(35-38-30-12-2-4-14-34(30)40-35)22-32(26)39(31)33-21-23(28-10-5-7-19-36-28)15-18-27(33)29-11-6-8-20-37-29/h1-22H. The van der Waals surface area contributed by atoms with Crippen molar-refractivity contribution in [3.63, 3.8) is 0 Å². The zero-order chi connectivity index (χ0) is 26.5. The first-order valence-corrected chi connectivity index (χ1v) is 14.0. The molecule has 8 aromatic rings. The minimum absolute atomic E-state index is 0.929. The third kappa shape index (κ3) is 3.71. The number of pyridine rings is 2. The Hall–Kier alpha value is -5.13. The first-order valence-electron chi connectivity index (χ1n) is 13.2. The van der Waals surface area contributed by atoms with E-state index in [0.717, 1.165) is 55.3 Å². The number of thiazole rings is 1. The maximum Gasteiger partial charge on any atom is 0.124 e. The molecule has 0 aliphatic heterocycles. The molecule has 0 fully saturated rings. The maximum atomic E-state index is 4.96. The summed E-state index contributed by atoms with van der Waals surface area (Å²) in [6.07, 6.45) is 3.69. The lowest BCUT2D eigenvalue weighted by Gasteiger charge is -2.15. The number of para-hydroxylation sites is 2. The van der Waals surface area contributed by atoms with Crippen LogP contribution >= 0.6 is 11.3 Å². The highest BCUT2D eigenvalue weighted by atomic mass is 32.1. The molecule has 0 bridgehead atoms. The van der Waals surface area contributed by atoms with Crippen LogP contribution in [0.1, 0.15) is 0 Å². The van der Waals surface area contributed by atoms with Gasteiger partial charge >= 0.3 is 0 Å². The van der Waals surface area contributed by atoms with E-state index >= 15 is 0 Å². The number of hydrogen-bond acceptors (Lipinski definition) is 4. The summed E-state index contributed by atoms with van der Waals surface area (Å²) in [7, 11) is 0. The van der Waals surface area contributed by atoms with Crippen molar-refractivity contribution >= 4 is 43.4 Å². The van der Waals surface area contributed by atoms with E-state index in [0.29, 0.717) is 0 Å². The summed E-state index contributed by atoms with van der Waals surface area (Å²) in [5, 5.41) is 3.44. The molecule has 4 nitrogen and oxygen atoms in total. The Labute approximate surface area is 234 Å². The topological polar surface area (TPSA) is 43.6 Å². The van der Waals surface area contributed by atoms with Gasteiger partial charge in [-0.05, 0) is 54.6 Å². The molecule has 0 radical (unpaired) electrons. The Kier molecular flexibility index (Phi) is 5.28. The lowest BCUT2D eigenvalue weighted by atomic mass is 10.0. The first kappa shape index (κ1) is 22.8. The van der Waals surface area contributed by atoms with Crippen LogP contribution in [0.2, 0.25) is 0 Å². The number of rotatable bonds is 4. The largest absolute Gasteiger partial charge is 0.309 e. The van der Waals surface area contributed by atoms with E-state index in [1.165, 1.54) is 15.5 Å². The highest BCUT2D eigenvalue weighted by Crippen LogP contribution is 2.39. The lowest BCUT2D eigenvalue weighted by Crippen LogP contribution is -1.99. The smallest absolute Gasteiger partial charge is 0.124 e. The van der Waals surface area contributed by atoms with Crippen molar-refractivity contribution in [2.24, 2.45) is 0 Å². The van der Waals surface area contributed by atoms with E-state index in [4.69, 9.17) is 9.97 Å². The summed E-state index contributed by atoms with van der Waals surface area (Å²) in [6, 6.07) is 42.3. The molecule has 0 aliphatic carbocycles. The number of aromatic nitrogens is 4. The molecule has 4 aromatic heterocycles. The molecule has 40 heavy (non-hydrogen) atoms. The molecule has 0 aliphatic rings. The Morgan fingerprint density at radius 2 is 1.27 bits per heavy atom. The summed E-state index contributed by atoms with van der Waals surface area (Å²) in [5.74, 6) is 0. The molecule has 0 spiro atoms. The van der Waals surface area contributed by atoms with E-state index in [-0.39, 0.29) is 0 Å². The number of nitrogens with zero attached hydrogens (tertiary/aromatic N) is 4. The molecule has 0 saturated heterocycles. The Balaban J connectivity index is 1.44. The highest BCUT2D eigenvalue weighted by molar-refractivity contribution is 7.21. The van der Waals surface area contributed by atoms with Crippen molar-refractivity contribution in [3.8, 4) is 38.8 Å². The summed E-state index contributed by atoms with van der Waals surface area (Å²) in [4.78, 5) is 14.3. The lowest BCUT2D eigenvalue weighted by molar-refractivity contribution is 1.17. The second kappa shape index (κ2) is 9.26. The zero-order valence-corrected chi connectivity index (χ0v) is 22.2. The number of hydrogen-bond donors (Lipinski definition) is 0. The molecule has 188 valence electrons. The van der Waals surface area contributed by atoms with Gasteiger partial charge in [0.1, 0.15) is 5.01 Å². The molecule has 4 aromatic carbocycles. The summed E-state index contributed by atoms with van der Waals surface area (Å²) >= 11 is 1.73. The minimum Gasteiger partial charge on any atom is -0.309 e. The summed E-state index contributed by atoms with van der Waals surface area (Å²) in [5.41, 5.74) is 9.47. The van der Waals surface area contributed by atoms with Gasteiger partial charge in [0.2, 0.25) is 0 Å². The van der Waals surface area contributed by atoms with E-state index in [9.17, 15) is 0 Å². The molecule has 4 heterocycles. The van der Waals surface area contributed by atoms with Crippen molar-refractivity contribution in [1.82, 2.24) is 19.5 Å². The van der Waals surface area contributed by atoms with Crippen molar-refractivity contribution in [2.75, 3.05) is 0 Å². The number of fused-ring (bicyclic) bond motifs is 4. The normalized spacial score (nSPS) is 11.5. The molecule has 8 rings (SSSR count). The molecule has 5 heteroatoms. The average Bonchev–Trinajstić information content (AvgIpc) is 3.61. The fourth-order valence-corrected chi connectivity index (χ4v) is 6.47. The Morgan fingerprint density at radius 1 is 0.550 bits per heavy atom.